The summed E-state index contributed by atoms with van der Waals surface area (Å²) in [6.07, 6.45) is 1.77. The molecule has 0 amide bonds. The quantitative estimate of drug-likeness (QED) is 0.388. The number of fused-ring (bicyclic) bond motifs is 1. The van der Waals surface area contributed by atoms with Crippen LogP contribution < -0.4 is 9.47 Å². The van der Waals surface area contributed by atoms with Crippen LogP contribution in [-0.4, -0.2) is 22.7 Å². The zero-order chi connectivity index (χ0) is 22.2. The lowest BCUT2D eigenvalue weighted by Crippen LogP contribution is -2.13. The van der Waals surface area contributed by atoms with Gasteiger partial charge < -0.3 is 19.6 Å². The second kappa shape index (κ2) is 8.45. The molecule has 1 aromatic heterocycles. The molecule has 4 rings (SSSR count). The van der Waals surface area contributed by atoms with Gasteiger partial charge in [-0.25, -0.2) is 4.79 Å². The number of hydrogen-bond donors (Lipinski definition) is 2. The second-order valence-electron chi connectivity index (χ2n) is 7.59. The normalized spacial score (nSPS) is 14.5. The van der Waals surface area contributed by atoms with Gasteiger partial charge in [0.05, 0.1) is 4.47 Å². The third-order valence-electron chi connectivity index (χ3n) is 5.38. The summed E-state index contributed by atoms with van der Waals surface area (Å²) >= 11 is 3.10. The molecule has 0 radical (unpaired) electrons. The molecule has 0 saturated heterocycles. The first-order chi connectivity index (χ1) is 14.7. The average Bonchev–Trinajstić information content (AvgIpc) is 3.06. The Kier molecular flexibility index (Phi) is 5.88. The van der Waals surface area contributed by atoms with Crippen LogP contribution in [-0.2, 0) is 17.4 Å². The van der Waals surface area contributed by atoms with Crippen molar-refractivity contribution < 1.29 is 32.5 Å². The molecule has 0 bridgehead atoms. The van der Waals surface area contributed by atoms with Gasteiger partial charge in [-0.15, -0.1) is 0 Å². The minimum Gasteiger partial charge on any atom is -0.482 e. The Morgan fingerprint density at radius 3 is 2.61 bits per heavy atom. The number of benzene rings is 2. The van der Waals surface area contributed by atoms with Crippen LogP contribution in [0.15, 0.2) is 41.0 Å². The molecule has 0 unspecified atom stereocenters. The van der Waals surface area contributed by atoms with Crippen molar-refractivity contribution in [3.8, 4) is 17.2 Å². The third kappa shape index (κ3) is 4.81. The topological polar surface area (TPSA) is 71.6 Å². The molecule has 1 heterocycles. The number of rotatable bonds is 7. The van der Waals surface area contributed by atoms with Gasteiger partial charge in [0.25, 0.3) is 0 Å². The molecule has 1 aliphatic carbocycles. The van der Waals surface area contributed by atoms with E-state index < -0.39 is 30.1 Å². The van der Waals surface area contributed by atoms with Gasteiger partial charge in [0.15, 0.2) is 12.4 Å². The van der Waals surface area contributed by atoms with Gasteiger partial charge in [-0.2, -0.15) is 13.2 Å². The van der Waals surface area contributed by atoms with Crippen molar-refractivity contribution in [3.05, 3.63) is 52.1 Å². The van der Waals surface area contributed by atoms with Crippen LogP contribution in [0.4, 0.5) is 13.2 Å². The lowest BCUT2D eigenvalue weighted by atomic mass is 9.81. The number of H-pyrrole nitrogens is 1. The number of alkyl halides is 3. The molecule has 9 heteroatoms. The summed E-state index contributed by atoms with van der Waals surface area (Å²) in [5.41, 5.74) is 0.956. The highest BCUT2D eigenvalue weighted by Crippen LogP contribution is 2.45. The standard InChI is InChI=1S/C22H19BrF3NO4/c23-18-9-15(30-11-20(28)29)8-17(22(24,25)26)21(18)31-14-4-5-19-16(7-14)13(10-27-19)6-12-2-1-3-12/h4-5,7-10,12,27H,1-3,6,11H2,(H,28,29). The summed E-state index contributed by atoms with van der Waals surface area (Å²) in [5, 5.41) is 9.63. The van der Waals surface area contributed by atoms with Crippen molar-refractivity contribution in [1.29, 1.82) is 0 Å². The van der Waals surface area contributed by atoms with Crippen molar-refractivity contribution >= 4 is 32.8 Å². The predicted octanol–water partition coefficient (Wildman–Crippen LogP) is 6.55. The fraction of sp³-hybridized carbons (Fsp3) is 0.318. The van der Waals surface area contributed by atoms with Gasteiger partial charge in [-0.3, -0.25) is 0 Å². The van der Waals surface area contributed by atoms with E-state index in [1.165, 1.54) is 25.3 Å². The Morgan fingerprint density at radius 2 is 1.97 bits per heavy atom. The van der Waals surface area contributed by atoms with E-state index in [4.69, 9.17) is 14.6 Å². The molecule has 1 fully saturated rings. The van der Waals surface area contributed by atoms with E-state index in [9.17, 15) is 18.0 Å². The van der Waals surface area contributed by atoms with Gasteiger partial charge in [0, 0.05) is 17.1 Å². The summed E-state index contributed by atoms with van der Waals surface area (Å²) < 4.78 is 51.7. The number of hydrogen-bond acceptors (Lipinski definition) is 3. The highest BCUT2D eigenvalue weighted by molar-refractivity contribution is 9.10. The summed E-state index contributed by atoms with van der Waals surface area (Å²) in [4.78, 5) is 13.9. The van der Waals surface area contributed by atoms with Crippen molar-refractivity contribution in [3.63, 3.8) is 0 Å². The fourth-order valence-corrected chi connectivity index (χ4v) is 4.15. The van der Waals surface area contributed by atoms with Crippen LogP contribution in [0.2, 0.25) is 0 Å². The number of carboxylic acids is 1. The van der Waals surface area contributed by atoms with Crippen LogP contribution in [0.25, 0.3) is 10.9 Å². The number of halogens is 4. The first kappa shape index (κ1) is 21.5. The first-order valence-electron chi connectivity index (χ1n) is 9.74. The molecule has 1 saturated carbocycles. The number of carboxylic acid groups (broad SMARTS) is 1. The highest BCUT2D eigenvalue weighted by atomic mass is 79.9. The minimum atomic E-state index is -4.73. The largest absolute Gasteiger partial charge is 0.482 e. The molecule has 0 atom stereocenters. The Bertz CT molecular complexity index is 1120. The maximum Gasteiger partial charge on any atom is 0.420 e. The van der Waals surface area contributed by atoms with Crippen LogP contribution in [0, 0.1) is 5.92 Å². The van der Waals surface area contributed by atoms with E-state index in [0.29, 0.717) is 5.92 Å². The lowest BCUT2D eigenvalue weighted by molar-refractivity contribution is -0.139. The molecule has 0 spiro atoms. The number of carbonyl (C=O) groups is 1. The van der Waals surface area contributed by atoms with Gasteiger partial charge >= 0.3 is 12.1 Å². The molecule has 0 aliphatic heterocycles. The van der Waals surface area contributed by atoms with Crippen LogP contribution >= 0.6 is 15.9 Å². The Balaban J connectivity index is 1.66. The highest BCUT2D eigenvalue weighted by Gasteiger charge is 2.36. The summed E-state index contributed by atoms with van der Waals surface area (Å²) in [6, 6.07) is 7.11. The maximum atomic E-state index is 13.7. The number of ether oxygens (including phenoxy) is 2. The molecule has 31 heavy (non-hydrogen) atoms. The monoisotopic (exact) mass is 497 g/mol. The van der Waals surface area contributed by atoms with Crippen molar-refractivity contribution in [2.45, 2.75) is 31.9 Å². The Labute approximate surface area is 184 Å². The smallest absolute Gasteiger partial charge is 0.420 e. The molecule has 2 N–H and O–H groups in total. The van der Waals surface area contributed by atoms with Crippen LogP contribution in [0.1, 0.15) is 30.4 Å². The SMILES string of the molecule is O=C(O)COc1cc(Br)c(Oc2ccc3[nH]cc(CC4CCC4)c3c2)c(C(F)(F)F)c1. The van der Waals surface area contributed by atoms with E-state index in [1.54, 1.807) is 18.2 Å². The molecular weight excluding hydrogens is 479 g/mol. The number of nitrogens with one attached hydrogen (secondary N) is 1. The maximum absolute atomic E-state index is 13.7. The van der Waals surface area contributed by atoms with Gasteiger partial charge in [-0.1, -0.05) is 19.3 Å². The van der Waals surface area contributed by atoms with E-state index in [1.807, 2.05) is 6.20 Å². The van der Waals surface area contributed by atoms with E-state index in [0.717, 1.165) is 29.0 Å². The summed E-state index contributed by atoms with van der Waals surface area (Å²) in [5.74, 6) is -1.01. The molecule has 164 valence electrons. The minimum absolute atomic E-state index is 0.00608. The zero-order valence-electron chi connectivity index (χ0n) is 16.3. The molecule has 3 aromatic rings. The van der Waals surface area contributed by atoms with Crippen molar-refractivity contribution in [1.82, 2.24) is 4.98 Å². The zero-order valence-corrected chi connectivity index (χ0v) is 17.8. The first-order valence-corrected chi connectivity index (χ1v) is 10.5. The van der Waals surface area contributed by atoms with E-state index in [2.05, 4.69) is 20.9 Å². The van der Waals surface area contributed by atoms with Crippen molar-refractivity contribution in [2.75, 3.05) is 6.61 Å². The third-order valence-corrected chi connectivity index (χ3v) is 5.97. The number of aromatic nitrogens is 1. The van der Waals surface area contributed by atoms with Crippen LogP contribution in [0.3, 0.4) is 0 Å². The Morgan fingerprint density at radius 1 is 1.19 bits per heavy atom. The molecule has 5 nitrogen and oxygen atoms in total. The summed E-state index contributed by atoms with van der Waals surface area (Å²) in [6.45, 7) is -0.752. The predicted molar refractivity (Wildman–Crippen MR) is 112 cm³/mol. The van der Waals surface area contributed by atoms with Gasteiger partial charge in [0.2, 0.25) is 0 Å². The van der Waals surface area contributed by atoms with Crippen molar-refractivity contribution in [2.24, 2.45) is 5.92 Å². The number of aromatic amines is 1. The van der Waals surface area contributed by atoms with E-state index >= 15 is 0 Å². The van der Waals surface area contributed by atoms with Gasteiger partial charge in [-0.05, 0) is 64.2 Å². The lowest BCUT2D eigenvalue weighted by Gasteiger charge is -2.24. The molecular formula is C22H19BrF3NO4. The molecule has 2 aromatic carbocycles. The van der Waals surface area contributed by atoms with Gasteiger partial charge in [0.1, 0.15) is 17.1 Å². The second-order valence-corrected chi connectivity index (χ2v) is 8.44. The Hall–Kier alpha value is -2.68. The fourth-order valence-electron chi connectivity index (χ4n) is 3.63. The number of aliphatic carboxylic acids is 1. The van der Waals surface area contributed by atoms with E-state index in [-0.39, 0.29) is 16.0 Å². The summed E-state index contributed by atoms with van der Waals surface area (Å²) in [7, 11) is 0. The van der Waals surface area contributed by atoms with Crippen LogP contribution in [0.5, 0.6) is 17.2 Å². The average molecular weight is 498 g/mol. The molecule has 1 aliphatic rings.